The van der Waals surface area contributed by atoms with Gasteiger partial charge in [0.15, 0.2) is 0 Å². The van der Waals surface area contributed by atoms with Gasteiger partial charge in [0.2, 0.25) is 0 Å². The Labute approximate surface area is 118 Å². The molecule has 0 unspecified atom stereocenters. The average Bonchev–Trinajstić information content (AvgIpc) is 2.39. The van der Waals surface area contributed by atoms with Crippen LogP contribution in [0, 0.1) is 6.92 Å². The van der Waals surface area contributed by atoms with E-state index in [4.69, 9.17) is 0 Å². The number of carbonyl (C=O) groups is 1. The second-order valence-corrected chi connectivity index (χ2v) is 5.45. The molecule has 2 aromatic rings. The Kier molecular flexibility index (Phi) is 3.53. The molecule has 104 valence electrons. The molecule has 2 aromatic carbocycles. The highest BCUT2D eigenvalue weighted by Crippen LogP contribution is 2.39. The normalized spacial score (nSPS) is 11.3. The van der Waals surface area contributed by atoms with Gasteiger partial charge in [0.05, 0.1) is 0 Å². The summed E-state index contributed by atoms with van der Waals surface area (Å²) in [6.45, 7) is 5.62. The van der Waals surface area contributed by atoms with Crippen molar-refractivity contribution in [2.45, 2.75) is 26.2 Å². The van der Waals surface area contributed by atoms with Crippen molar-refractivity contribution in [3.8, 4) is 5.75 Å². The highest BCUT2D eigenvalue weighted by molar-refractivity contribution is 5.93. The number of carboxylic acid groups (broad SMARTS) is 1. The van der Waals surface area contributed by atoms with Crippen molar-refractivity contribution in [2.75, 3.05) is 0 Å². The Morgan fingerprint density at radius 2 is 1.65 bits per heavy atom. The highest BCUT2D eigenvalue weighted by atomic mass is 16.4. The number of hydrogen-bond donors (Lipinski definition) is 2. The molecule has 0 spiro atoms. The van der Waals surface area contributed by atoms with Crippen LogP contribution >= 0.6 is 0 Å². The van der Waals surface area contributed by atoms with Crippen molar-refractivity contribution in [1.82, 2.24) is 0 Å². The van der Waals surface area contributed by atoms with Gasteiger partial charge in [0.1, 0.15) is 11.3 Å². The molecule has 0 fully saturated rings. The quantitative estimate of drug-likeness (QED) is 0.893. The van der Waals surface area contributed by atoms with Crippen LogP contribution in [-0.4, -0.2) is 16.2 Å². The van der Waals surface area contributed by atoms with Crippen LogP contribution in [0.25, 0.3) is 0 Å². The molecule has 0 saturated carbocycles. The van der Waals surface area contributed by atoms with E-state index in [0.29, 0.717) is 11.1 Å². The van der Waals surface area contributed by atoms with E-state index in [1.54, 1.807) is 19.1 Å². The van der Waals surface area contributed by atoms with Gasteiger partial charge in [0, 0.05) is 11.0 Å². The summed E-state index contributed by atoms with van der Waals surface area (Å²) in [5.41, 5.74) is 1.71. The predicted molar refractivity (Wildman–Crippen MR) is 78.4 cm³/mol. The zero-order valence-corrected chi connectivity index (χ0v) is 11.8. The second-order valence-electron chi connectivity index (χ2n) is 5.45. The smallest absolute Gasteiger partial charge is 0.339 e. The lowest BCUT2D eigenvalue weighted by Gasteiger charge is -2.27. The summed E-state index contributed by atoms with van der Waals surface area (Å²) in [5, 5.41) is 19.6. The molecule has 0 aliphatic heterocycles. The molecule has 0 amide bonds. The summed E-state index contributed by atoms with van der Waals surface area (Å²) >= 11 is 0. The molecule has 0 aliphatic rings. The van der Waals surface area contributed by atoms with Crippen LogP contribution in [0.1, 0.15) is 40.9 Å². The van der Waals surface area contributed by atoms with Crippen LogP contribution in [0.5, 0.6) is 5.75 Å². The third-order valence-corrected chi connectivity index (χ3v) is 3.77. The fourth-order valence-corrected chi connectivity index (χ4v) is 2.48. The Bertz CT molecular complexity index is 643. The van der Waals surface area contributed by atoms with Crippen LogP contribution in [0.15, 0.2) is 42.5 Å². The lowest BCUT2D eigenvalue weighted by Crippen LogP contribution is -2.20. The highest BCUT2D eigenvalue weighted by Gasteiger charge is 2.29. The summed E-state index contributed by atoms with van der Waals surface area (Å²) in [4.78, 5) is 11.3. The molecule has 3 nitrogen and oxygen atoms in total. The van der Waals surface area contributed by atoms with Crippen molar-refractivity contribution in [2.24, 2.45) is 0 Å². The number of aryl methyl sites for hydroxylation is 1. The van der Waals surface area contributed by atoms with E-state index >= 15 is 0 Å². The first-order valence-corrected chi connectivity index (χ1v) is 6.47. The van der Waals surface area contributed by atoms with Crippen molar-refractivity contribution < 1.29 is 15.0 Å². The van der Waals surface area contributed by atoms with E-state index < -0.39 is 11.4 Å². The molecule has 3 heteroatoms. The molecule has 2 rings (SSSR count). The number of hydrogen-bond acceptors (Lipinski definition) is 2. The van der Waals surface area contributed by atoms with E-state index in [-0.39, 0.29) is 11.3 Å². The van der Waals surface area contributed by atoms with Gasteiger partial charge < -0.3 is 10.2 Å². The number of rotatable bonds is 3. The Balaban J connectivity index is 2.64. The summed E-state index contributed by atoms with van der Waals surface area (Å²) in [5.74, 6) is -1.25. The molecule has 0 aromatic heterocycles. The Morgan fingerprint density at radius 1 is 1.05 bits per heavy atom. The minimum atomic E-state index is -1.11. The van der Waals surface area contributed by atoms with Gasteiger partial charge in [-0.15, -0.1) is 0 Å². The number of phenols is 1. The molecule has 0 heterocycles. The molecule has 0 atom stereocenters. The number of benzene rings is 2. The third-order valence-electron chi connectivity index (χ3n) is 3.77. The van der Waals surface area contributed by atoms with Crippen molar-refractivity contribution in [3.63, 3.8) is 0 Å². The van der Waals surface area contributed by atoms with Gasteiger partial charge in [-0.1, -0.05) is 56.3 Å². The van der Waals surface area contributed by atoms with Crippen LogP contribution < -0.4 is 0 Å². The first kappa shape index (κ1) is 14.1. The maximum atomic E-state index is 11.3. The van der Waals surface area contributed by atoms with Gasteiger partial charge in [-0.05, 0) is 18.1 Å². The molecule has 0 bridgehead atoms. The zero-order valence-electron chi connectivity index (χ0n) is 11.8. The molecule has 20 heavy (non-hydrogen) atoms. The molecule has 2 N–H and O–H groups in total. The topological polar surface area (TPSA) is 57.5 Å². The number of aromatic carboxylic acids is 1. The molecule has 0 radical (unpaired) electrons. The first-order chi connectivity index (χ1) is 9.35. The van der Waals surface area contributed by atoms with Gasteiger partial charge in [-0.25, -0.2) is 4.79 Å². The second kappa shape index (κ2) is 5.00. The maximum absolute atomic E-state index is 11.3. The average molecular weight is 270 g/mol. The fourth-order valence-electron chi connectivity index (χ4n) is 2.48. The zero-order chi connectivity index (χ0) is 14.9. The van der Waals surface area contributed by atoms with Crippen molar-refractivity contribution in [3.05, 3.63) is 64.7 Å². The number of carboxylic acids is 1. The lowest BCUT2D eigenvalue weighted by atomic mass is 9.76. The van der Waals surface area contributed by atoms with E-state index in [1.165, 1.54) is 0 Å². The van der Waals surface area contributed by atoms with Crippen molar-refractivity contribution in [1.29, 1.82) is 0 Å². The predicted octanol–water partition coefficient (Wildman–Crippen LogP) is 3.72. The third kappa shape index (κ3) is 2.27. The minimum Gasteiger partial charge on any atom is -0.507 e. The molecule has 0 aliphatic carbocycles. The van der Waals surface area contributed by atoms with Gasteiger partial charge in [0.25, 0.3) is 0 Å². The van der Waals surface area contributed by atoms with Gasteiger partial charge >= 0.3 is 5.97 Å². The van der Waals surface area contributed by atoms with Crippen LogP contribution in [0.4, 0.5) is 0 Å². The van der Waals surface area contributed by atoms with E-state index in [2.05, 4.69) is 0 Å². The first-order valence-electron chi connectivity index (χ1n) is 6.47. The van der Waals surface area contributed by atoms with E-state index in [1.807, 2.05) is 44.2 Å². The lowest BCUT2D eigenvalue weighted by molar-refractivity contribution is 0.0692. The standard InChI is InChI=1S/C17H18O3/c1-11-9-10-13(15(18)14(11)16(19)20)17(2,3)12-7-5-4-6-8-12/h4-10,18H,1-3H3,(H,19,20). The van der Waals surface area contributed by atoms with E-state index in [9.17, 15) is 15.0 Å². The van der Waals surface area contributed by atoms with Crippen molar-refractivity contribution >= 4 is 5.97 Å². The SMILES string of the molecule is Cc1ccc(C(C)(C)c2ccccc2)c(O)c1C(=O)O. The minimum absolute atomic E-state index is 0.0218. The maximum Gasteiger partial charge on any atom is 0.339 e. The van der Waals surface area contributed by atoms with Crippen LogP contribution in [0.3, 0.4) is 0 Å². The van der Waals surface area contributed by atoms with Gasteiger partial charge in [-0.2, -0.15) is 0 Å². The summed E-state index contributed by atoms with van der Waals surface area (Å²) < 4.78 is 0. The van der Waals surface area contributed by atoms with Crippen LogP contribution in [0.2, 0.25) is 0 Å². The molecular formula is C17H18O3. The summed E-state index contributed by atoms with van der Waals surface area (Å²) in [7, 11) is 0. The monoisotopic (exact) mass is 270 g/mol. The number of aromatic hydroxyl groups is 1. The largest absolute Gasteiger partial charge is 0.507 e. The van der Waals surface area contributed by atoms with Crippen LogP contribution in [-0.2, 0) is 5.41 Å². The van der Waals surface area contributed by atoms with E-state index in [0.717, 1.165) is 5.56 Å². The fraction of sp³-hybridized carbons (Fsp3) is 0.235. The summed E-state index contributed by atoms with van der Waals surface area (Å²) in [6.07, 6.45) is 0. The van der Waals surface area contributed by atoms with Gasteiger partial charge in [-0.3, -0.25) is 0 Å². The molecular weight excluding hydrogens is 252 g/mol. The Morgan fingerprint density at radius 3 is 2.20 bits per heavy atom. The summed E-state index contributed by atoms with van der Waals surface area (Å²) in [6, 6.07) is 13.3. The molecule has 0 saturated heterocycles. The Hall–Kier alpha value is -2.29.